The Hall–Kier alpha value is -3.02. The topological polar surface area (TPSA) is 73.9 Å². The van der Waals surface area contributed by atoms with Crippen LogP contribution in [-0.2, 0) is 9.53 Å². The maximum Gasteiger partial charge on any atom is 0.338 e. The Morgan fingerprint density at radius 2 is 1.76 bits per heavy atom. The summed E-state index contributed by atoms with van der Waals surface area (Å²) in [6.07, 6.45) is -0.208. The van der Waals surface area contributed by atoms with Crippen LogP contribution in [0.1, 0.15) is 24.2 Å². The van der Waals surface area contributed by atoms with Gasteiger partial charge in [0.25, 0.3) is 5.91 Å². The molecular weight excluding hydrogens is 322 g/mol. The summed E-state index contributed by atoms with van der Waals surface area (Å²) in [5.41, 5.74) is 0.865. The highest BCUT2D eigenvalue weighted by atomic mass is 16.5. The monoisotopic (exact) mass is 343 g/mol. The summed E-state index contributed by atoms with van der Waals surface area (Å²) in [6, 6.07) is 13.6. The Bertz CT molecular complexity index is 742. The van der Waals surface area contributed by atoms with Crippen LogP contribution in [0.25, 0.3) is 0 Å². The molecule has 0 saturated carbocycles. The molecule has 0 aliphatic carbocycles. The van der Waals surface area contributed by atoms with Crippen molar-refractivity contribution in [3.63, 3.8) is 0 Å². The molecule has 1 N–H and O–H groups in total. The van der Waals surface area contributed by atoms with Crippen LogP contribution in [0.3, 0.4) is 0 Å². The average Bonchev–Trinajstić information content (AvgIpc) is 2.60. The third-order valence-corrected chi connectivity index (χ3v) is 3.15. The second-order valence-electron chi connectivity index (χ2n) is 5.52. The minimum atomic E-state index is -0.434. The van der Waals surface area contributed by atoms with Gasteiger partial charge in [-0.15, -0.1) is 0 Å². The van der Waals surface area contributed by atoms with Gasteiger partial charge in [-0.25, -0.2) is 4.79 Å². The van der Waals surface area contributed by atoms with Crippen molar-refractivity contribution >= 4 is 17.6 Å². The zero-order chi connectivity index (χ0) is 18.2. The SMILES string of the molecule is COc1ccccc1OCC(=O)Nc1cccc(C(=O)OC(C)C)c1. The summed E-state index contributed by atoms with van der Waals surface area (Å²) < 4.78 is 15.8. The molecule has 132 valence electrons. The smallest absolute Gasteiger partial charge is 0.338 e. The van der Waals surface area contributed by atoms with Crippen molar-refractivity contribution in [1.82, 2.24) is 0 Å². The molecule has 6 heteroatoms. The Labute approximate surface area is 146 Å². The van der Waals surface area contributed by atoms with E-state index in [2.05, 4.69) is 5.32 Å². The predicted molar refractivity (Wildman–Crippen MR) is 94.1 cm³/mol. The lowest BCUT2D eigenvalue weighted by Crippen LogP contribution is -2.20. The normalized spacial score (nSPS) is 10.2. The number of hydrogen-bond donors (Lipinski definition) is 1. The van der Waals surface area contributed by atoms with Gasteiger partial charge in [-0.1, -0.05) is 18.2 Å². The van der Waals surface area contributed by atoms with Crippen LogP contribution in [0.5, 0.6) is 11.5 Å². The number of anilines is 1. The second-order valence-corrected chi connectivity index (χ2v) is 5.52. The molecule has 0 fully saturated rings. The lowest BCUT2D eigenvalue weighted by Gasteiger charge is -2.11. The summed E-state index contributed by atoms with van der Waals surface area (Å²) in [5, 5.41) is 2.69. The van der Waals surface area contributed by atoms with Crippen LogP contribution < -0.4 is 14.8 Å². The second kappa shape index (κ2) is 8.73. The largest absolute Gasteiger partial charge is 0.493 e. The van der Waals surface area contributed by atoms with Crippen molar-refractivity contribution in [2.24, 2.45) is 0 Å². The number of ether oxygens (including phenoxy) is 3. The number of benzene rings is 2. The lowest BCUT2D eigenvalue weighted by molar-refractivity contribution is -0.118. The molecule has 0 spiro atoms. The molecule has 0 unspecified atom stereocenters. The van der Waals surface area contributed by atoms with Crippen molar-refractivity contribution in [1.29, 1.82) is 0 Å². The predicted octanol–water partition coefficient (Wildman–Crippen LogP) is 3.28. The van der Waals surface area contributed by atoms with E-state index in [1.165, 1.54) is 7.11 Å². The summed E-state index contributed by atoms with van der Waals surface area (Å²) in [6.45, 7) is 3.37. The van der Waals surface area contributed by atoms with E-state index in [1.54, 1.807) is 56.3 Å². The van der Waals surface area contributed by atoms with E-state index in [0.29, 0.717) is 22.7 Å². The average molecular weight is 343 g/mol. The Balaban J connectivity index is 1.95. The molecule has 2 rings (SSSR count). The van der Waals surface area contributed by atoms with Crippen molar-refractivity contribution < 1.29 is 23.8 Å². The summed E-state index contributed by atoms with van der Waals surface area (Å²) in [4.78, 5) is 24.0. The van der Waals surface area contributed by atoms with Gasteiger partial charge in [-0.2, -0.15) is 0 Å². The zero-order valence-corrected chi connectivity index (χ0v) is 14.4. The summed E-state index contributed by atoms with van der Waals surface area (Å²) in [7, 11) is 1.53. The molecule has 1 amide bonds. The van der Waals surface area contributed by atoms with E-state index < -0.39 is 5.97 Å². The Morgan fingerprint density at radius 3 is 2.44 bits per heavy atom. The van der Waals surface area contributed by atoms with Gasteiger partial charge < -0.3 is 19.5 Å². The van der Waals surface area contributed by atoms with Gasteiger partial charge in [0.2, 0.25) is 0 Å². The summed E-state index contributed by atoms with van der Waals surface area (Å²) in [5.74, 6) is 0.250. The van der Waals surface area contributed by atoms with Gasteiger partial charge in [0.15, 0.2) is 18.1 Å². The Kier molecular flexibility index (Phi) is 6.39. The highest BCUT2D eigenvalue weighted by Gasteiger charge is 2.11. The van der Waals surface area contributed by atoms with Gasteiger partial charge in [0, 0.05) is 5.69 Å². The quantitative estimate of drug-likeness (QED) is 0.781. The van der Waals surface area contributed by atoms with Gasteiger partial charge >= 0.3 is 5.97 Å². The summed E-state index contributed by atoms with van der Waals surface area (Å²) >= 11 is 0. The van der Waals surface area contributed by atoms with Crippen LogP contribution in [0.4, 0.5) is 5.69 Å². The molecule has 25 heavy (non-hydrogen) atoms. The molecule has 0 heterocycles. The highest BCUT2D eigenvalue weighted by molar-refractivity contribution is 5.95. The molecule has 0 atom stereocenters. The number of rotatable bonds is 7. The maximum absolute atomic E-state index is 12.1. The zero-order valence-electron chi connectivity index (χ0n) is 14.4. The third-order valence-electron chi connectivity index (χ3n) is 3.15. The Morgan fingerprint density at radius 1 is 1.04 bits per heavy atom. The van der Waals surface area contributed by atoms with Crippen LogP contribution in [-0.4, -0.2) is 31.7 Å². The van der Waals surface area contributed by atoms with Crippen molar-refractivity contribution in [3.05, 3.63) is 54.1 Å². The molecule has 2 aromatic rings. The molecule has 6 nitrogen and oxygen atoms in total. The van der Waals surface area contributed by atoms with Gasteiger partial charge in [0.1, 0.15) is 0 Å². The number of hydrogen-bond acceptors (Lipinski definition) is 5. The van der Waals surface area contributed by atoms with Gasteiger partial charge in [-0.3, -0.25) is 4.79 Å². The highest BCUT2D eigenvalue weighted by Crippen LogP contribution is 2.25. The first-order valence-corrected chi connectivity index (χ1v) is 7.86. The number of para-hydroxylation sites is 2. The fourth-order valence-corrected chi connectivity index (χ4v) is 2.08. The van der Waals surface area contributed by atoms with Crippen LogP contribution >= 0.6 is 0 Å². The first kappa shape index (κ1) is 18.3. The van der Waals surface area contributed by atoms with Crippen LogP contribution in [0.2, 0.25) is 0 Å². The molecule has 0 aliphatic rings. The first-order valence-electron chi connectivity index (χ1n) is 7.86. The van der Waals surface area contributed by atoms with Crippen molar-refractivity contribution in [3.8, 4) is 11.5 Å². The lowest BCUT2D eigenvalue weighted by atomic mass is 10.2. The van der Waals surface area contributed by atoms with Crippen molar-refractivity contribution in [2.75, 3.05) is 19.0 Å². The molecule has 0 aliphatic heterocycles. The van der Waals surface area contributed by atoms with Gasteiger partial charge in [-0.05, 0) is 44.2 Å². The molecule has 0 saturated heterocycles. The van der Waals surface area contributed by atoms with E-state index in [9.17, 15) is 9.59 Å². The number of nitrogens with one attached hydrogen (secondary N) is 1. The molecule has 0 radical (unpaired) electrons. The van der Waals surface area contributed by atoms with E-state index in [0.717, 1.165) is 0 Å². The minimum Gasteiger partial charge on any atom is -0.493 e. The van der Waals surface area contributed by atoms with E-state index in [-0.39, 0.29) is 18.6 Å². The van der Waals surface area contributed by atoms with Crippen molar-refractivity contribution in [2.45, 2.75) is 20.0 Å². The molecule has 0 bridgehead atoms. The third kappa shape index (κ3) is 5.53. The number of carbonyl (C=O) groups is 2. The fourth-order valence-electron chi connectivity index (χ4n) is 2.08. The number of carbonyl (C=O) groups excluding carboxylic acids is 2. The van der Waals surface area contributed by atoms with E-state index >= 15 is 0 Å². The molecular formula is C19H21NO5. The first-order chi connectivity index (χ1) is 12.0. The number of esters is 1. The minimum absolute atomic E-state index is 0.180. The molecule has 0 aromatic heterocycles. The standard InChI is InChI=1S/C19H21NO5/c1-13(2)25-19(22)14-7-6-8-15(11-14)20-18(21)12-24-17-10-5-4-9-16(17)23-3/h4-11,13H,12H2,1-3H3,(H,20,21). The van der Waals surface area contributed by atoms with Crippen LogP contribution in [0, 0.1) is 0 Å². The molecule has 2 aromatic carbocycles. The number of methoxy groups -OCH3 is 1. The van der Waals surface area contributed by atoms with E-state index in [1.807, 2.05) is 6.07 Å². The van der Waals surface area contributed by atoms with E-state index in [4.69, 9.17) is 14.2 Å². The number of amides is 1. The van der Waals surface area contributed by atoms with Gasteiger partial charge in [0.05, 0.1) is 18.8 Å². The van der Waals surface area contributed by atoms with Crippen LogP contribution in [0.15, 0.2) is 48.5 Å². The fraction of sp³-hybridized carbons (Fsp3) is 0.263. The maximum atomic E-state index is 12.1.